The van der Waals surface area contributed by atoms with E-state index in [4.69, 9.17) is 16.2 Å². The maximum atomic E-state index is 6.22. The second-order valence-electron chi connectivity index (χ2n) is 4.44. The second-order valence-corrected chi connectivity index (χ2v) is 4.44. The van der Waals surface area contributed by atoms with Crippen LogP contribution in [0.25, 0.3) is 0 Å². The summed E-state index contributed by atoms with van der Waals surface area (Å²) in [6.07, 6.45) is 1.69. The van der Waals surface area contributed by atoms with Crippen LogP contribution >= 0.6 is 0 Å². The third-order valence-corrected chi connectivity index (χ3v) is 2.82. The Morgan fingerprint density at radius 2 is 2.12 bits per heavy atom. The summed E-state index contributed by atoms with van der Waals surface area (Å²) in [7, 11) is 0. The molecule has 16 heavy (non-hydrogen) atoms. The maximum Gasteiger partial charge on any atom is 0.128 e. The lowest BCUT2D eigenvalue weighted by Crippen LogP contribution is -2.39. The third kappa shape index (κ3) is 2.51. The Kier molecular flexibility index (Phi) is 3.88. The van der Waals surface area contributed by atoms with Gasteiger partial charge in [-0.05, 0) is 39.3 Å². The first-order valence-electron chi connectivity index (χ1n) is 5.50. The molecular formula is C12H21N3O. The first kappa shape index (κ1) is 12.9. The van der Waals surface area contributed by atoms with Crippen LogP contribution in [0.5, 0.6) is 0 Å². The van der Waals surface area contributed by atoms with Gasteiger partial charge < -0.3 is 16.2 Å². The van der Waals surface area contributed by atoms with Crippen molar-refractivity contribution >= 4 is 5.82 Å². The molecule has 0 spiro atoms. The number of nitrogens with zero attached hydrogens (tertiary/aromatic N) is 1. The number of rotatable bonds is 4. The molecule has 4 heteroatoms. The number of aryl methyl sites for hydroxylation is 1. The summed E-state index contributed by atoms with van der Waals surface area (Å²) in [5, 5.41) is 0. The molecule has 0 saturated carbocycles. The van der Waals surface area contributed by atoms with Crippen LogP contribution in [-0.4, -0.2) is 17.2 Å². The van der Waals surface area contributed by atoms with Crippen LogP contribution in [0, 0.1) is 6.92 Å². The summed E-state index contributed by atoms with van der Waals surface area (Å²) in [5.41, 5.74) is 13.6. The topological polar surface area (TPSA) is 74.2 Å². The monoisotopic (exact) mass is 223 g/mol. The van der Waals surface area contributed by atoms with Crippen molar-refractivity contribution in [1.29, 1.82) is 0 Å². The molecule has 0 aromatic carbocycles. The highest BCUT2D eigenvalue weighted by Gasteiger charge is 2.30. The fourth-order valence-electron chi connectivity index (χ4n) is 1.80. The molecule has 1 atom stereocenters. The van der Waals surface area contributed by atoms with E-state index in [0.29, 0.717) is 12.4 Å². The summed E-state index contributed by atoms with van der Waals surface area (Å²) < 4.78 is 5.65. The van der Waals surface area contributed by atoms with Crippen LogP contribution < -0.4 is 11.5 Å². The van der Waals surface area contributed by atoms with E-state index < -0.39 is 5.60 Å². The molecule has 0 saturated heterocycles. The van der Waals surface area contributed by atoms with E-state index in [2.05, 4.69) is 4.98 Å². The van der Waals surface area contributed by atoms with Gasteiger partial charge in [0, 0.05) is 18.4 Å². The number of anilines is 1. The summed E-state index contributed by atoms with van der Waals surface area (Å²) >= 11 is 0. The third-order valence-electron chi connectivity index (χ3n) is 2.82. The molecule has 1 heterocycles. The van der Waals surface area contributed by atoms with Crippen molar-refractivity contribution < 1.29 is 4.74 Å². The standard InChI is InChI=1S/C12H21N3O/c1-5-16-12(3,4)10(13)9-8(2)6-7-15-11(9)14/h6-7,10H,5,13H2,1-4H3,(H2,14,15). The lowest BCUT2D eigenvalue weighted by Gasteiger charge is -2.32. The molecule has 1 aromatic heterocycles. The zero-order chi connectivity index (χ0) is 12.3. The fourth-order valence-corrected chi connectivity index (χ4v) is 1.80. The molecular weight excluding hydrogens is 202 g/mol. The molecule has 0 fully saturated rings. The van der Waals surface area contributed by atoms with Crippen LogP contribution in [-0.2, 0) is 4.74 Å². The minimum atomic E-state index is -0.448. The van der Waals surface area contributed by atoms with Gasteiger partial charge in [-0.2, -0.15) is 0 Å². The first-order chi connectivity index (χ1) is 7.40. The second kappa shape index (κ2) is 4.80. The van der Waals surface area contributed by atoms with Gasteiger partial charge >= 0.3 is 0 Å². The predicted molar refractivity (Wildman–Crippen MR) is 66.0 cm³/mol. The SMILES string of the molecule is CCOC(C)(C)C(N)c1c(C)ccnc1N. The molecule has 1 unspecified atom stereocenters. The van der Waals surface area contributed by atoms with Crippen LogP contribution in [0.3, 0.4) is 0 Å². The highest BCUT2D eigenvalue weighted by Crippen LogP contribution is 2.31. The van der Waals surface area contributed by atoms with Crippen molar-refractivity contribution in [1.82, 2.24) is 4.98 Å². The smallest absolute Gasteiger partial charge is 0.128 e. The average molecular weight is 223 g/mol. The van der Waals surface area contributed by atoms with E-state index in [0.717, 1.165) is 11.1 Å². The van der Waals surface area contributed by atoms with Crippen molar-refractivity contribution in [2.45, 2.75) is 39.3 Å². The molecule has 0 radical (unpaired) electrons. The Morgan fingerprint density at radius 3 is 2.62 bits per heavy atom. The summed E-state index contributed by atoms with van der Waals surface area (Å²) in [6, 6.07) is 1.63. The summed E-state index contributed by atoms with van der Waals surface area (Å²) in [6.45, 7) is 8.49. The Bertz CT molecular complexity index is 343. The minimum absolute atomic E-state index is 0.277. The van der Waals surface area contributed by atoms with Gasteiger partial charge in [0.1, 0.15) is 5.82 Å². The Balaban J connectivity index is 3.09. The molecule has 0 aliphatic heterocycles. The first-order valence-corrected chi connectivity index (χ1v) is 5.50. The van der Waals surface area contributed by atoms with Gasteiger partial charge in [0.15, 0.2) is 0 Å². The van der Waals surface area contributed by atoms with Crippen LogP contribution in [0.15, 0.2) is 12.3 Å². The van der Waals surface area contributed by atoms with Crippen LogP contribution in [0.4, 0.5) is 5.82 Å². The average Bonchev–Trinajstić information content (AvgIpc) is 2.17. The van der Waals surface area contributed by atoms with Crippen molar-refractivity contribution in [3.63, 3.8) is 0 Å². The zero-order valence-corrected chi connectivity index (χ0v) is 10.4. The molecule has 4 nitrogen and oxygen atoms in total. The lowest BCUT2D eigenvalue weighted by atomic mass is 9.90. The molecule has 90 valence electrons. The van der Waals surface area contributed by atoms with Gasteiger partial charge in [0.2, 0.25) is 0 Å². The van der Waals surface area contributed by atoms with Gasteiger partial charge in [-0.3, -0.25) is 0 Å². The van der Waals surface area contributed by atoms with Gasteiger partial charge in [0.05, 0.1) is 11.6 Å². The number of nitrogens with two attached hydrogens (primary N) is 2. The van der Waals surface area contributed by atoms with Crippen molar-refractivity contribution in [3.8, 4) is 0 Å². The van der Waals surface area contributed by atoms with Crippen LogP contribution in [0.2, 0.25) is 0 Å². The highest BCUT2D eigenvalue weighted by atomic mass is 16.5. The number of hydrogen-bond acceptors (Lipinski definition) is 4. The molecule has 0 bridgehead atoms. The van der Waals surface area contributed by atoms with Crippen molar-refractivity contribution in [2.75, 3.05) is 12.3 Å². The Morgan fingerprint density at radius 1 is 1.50 bits per heavy atom. The molecule has 0 aliphatic carbocycles. The summed E-state index contributed by atoms with van der Waals surface area (Å²) in [4.78, 5) is 4.08. The minimum Gasteiger partial charge on any atom is -0.383 e. The summed E-state index contributed by atoms with van der Waals surface area (Å²) in [5.74, 6) is 0.486. The molecule has 1 rings (SSSR count). The van der Waals surface area contributed by atoms with Crippen LogP contribution in [0.1, 0.15) is 37.9 Å². The van der Waals surface area contributed by atoms with E-state index in [1.54, 1.807) is 6.20 Å². The predicted octanol–water partition coefficient (Wildman–Crippen LogP) is 1.79. The quantitative estimate of drug-likeness (QED) is 0.816. The van der Waals surface area contributed by atoms with Crippen molar-refractivity contribution in [2.24, 2.45) is 5.73 Å². The number of hydrogen-bond donors (Lipinski definition) is 2. The van der Waals surface area contributed by atoms with Gasteiger partial charge in [-0.25, -0.2) is 4.98 Å². The molecule has 4 N–H and O–H groups in total. The van der Waals surface area contributed by atoms with E-state index >= 15 is 0 Å². The molecule has 1 aromatic rings. The maximum absolute atomic E-state index is 6.22. The Labute approximate surface area is 97.0 Å². The number of ether oxygens (including phenoxy) is 1. The van der Waals surface area contributed by atoms with Crippen molar-refractivity contribution in [3.05, 3.63) is 23.4 Å². The highest BCUT2D eigenvalue weighted by molar-refractivity contribution is 5.46. The van der Waals surface area contributed by atoms with E-state index in [9.17, 15) is 0 Å². The molecule has 0 aliphatic rings. The van der Waals surface area contributed by atoms with Gasteiger partial charge in [-0.15, -0.1) is 0 Å². The lowest BCUT2D eigenvalue weighted by molar-refractivity contribution is -0.0298. The fraction of sp³-hybridized carbons (Fsp3) is 0.583. The zero-order valence-electron chi connectivity index (χ0n) is 10.4. The molecule has 0 amide bonds. The normalized spacial score (nSPS) is 13.8. The van der Waals surface area contributed by atoms with Gasteiger partial charge in [-0.1, -0.05) is 0 Å². The Hall–Kier alpha value is -1.13. The van der Waals surface area contributed by atoms with E-state index in [1.165, 1.54) is 0 Å². The van der Waals surface area contributed by atoms with E-state index in [1.807, 2.05) is 33.8 Å². The van der Waals surface area contributed by atoms with Gasteiger partial charge in [0.25, 0.3) is 0 Å². The number of aromatic nitrogens is 1. The van der Waals surface area contributed by atoms with E-state index in [-0.39, 0.29) is 6.04 Å². The number of nitrogen functional groups attached to an aromatic ring is 1. The number of pyridine rings is 1. The largest absolute Gasteiger partial charge is 0.383 e.